The highest BCUT2D eigenvalue weighted by Crippen LogP contribution is 2.04. The van der Waals surface area contributed by atoms with Gasteiger partial charge in [0.15, 0.2) is 0 Å². The zero-order chi connectivity index (χ0) is 11.8. The van der Waals surface area contributed by atoms with Gasteiger partial charge >= 0.3 is 0 Å². The van der Waals surface area contributed by atoms with E-state index in [1.807, 2.05) is 6.07 Å². The maximum atomic E-state index is 8.68. The number of anilines is 1. The summed E-state index contributed by atoms with van der Waals surface area (Å²) >= 11 is 0. The quantitative estimate of drug-likeness (QED) is 0.777. The van der Waals surface area contributed by atoms with Gasteiger partial charge in [0.25, 0.3) is 0 Å². The summed E-state index contributed by atoms with van der Waals surface area (Å²) in [5, 5.41) is 11.8. The lowest BCUT2D eigenvalue weighted by atomic mass is 10.3. The summed E-state index contributed by atoms with van der Waals surface area (Å²) in [6.07, 6.45) is -0.0301. The van der Waals surface area contributed by atoms with Crippen LogP contribution in [0.25, 0.3) is 0 Å². The summed E-state index contributed by atoms with van der Waals surface area (Å²) in [4.78, 5) is 4.09. The lowest BCUT2D eigenvalue weighted by Gasteiger charge is -2.15. The molecule has 0 bridgehead atoms. The van der Waals surface area contributed by atoms with Crippen LogP contribution in [0.4, 0.5) is 5.82 Å². The molecule has 1 aromatic heterocycles. The Hall–Kier alpha value is -1.64. The van der Waals surface area contributed by atoms with Crippen molar-refractivity contribution in [2.75, 3.05) is 32.7 Å². The van der Waals surface area contributed by atoms with Gasteiger partial charge in [-0.3, -0.25) is 0 Å². The van der Waals surface area contributed by atoms with E-state index in [1.54, 1.807) is 32.4 Å². The zero-order valence-corrected chi connectivity index (χ0v) is 9.43. The Balaban J connectivity index is 2.50. The van der Waals surface area contributed by atoms with E-state index in [2.05, 4.69) is 10.3 Å². The molecule has 0 fully saturated rings. The Kier molecular flexibility index (Phi) is 5.26. The van der Waals surface area contributed by atoms with E-state index >= 15 is 0 Å². The largest absolute Gasteiger partial charge is 0.382 e. The van der Waals surface area contributed by atoms with Gasteiger partial charge in [0.2, 0.25) is 0 Å². The van der Waals surface area contributed by atoms with Crippen LogP contribution < -0.4 is 5.32 Å². The standard InChI is InChI=1S/C11H15N3O2/c1-15-8-10(16-2)7-13-11-5-3-4-9(6-12)14-11/h3-5,10H,7-8H2,1-2H3,(H,13,14). The van der Waals surface area contributed by atoms with Crippen molar-refractivity contribution in [3.63, 3.8) is 0 Å². The number of ether oxygens (including phenoxy) is 2. The fourth-order valence-corrected chi connectivity index (χ4v) is 1.21. The Bertz CT molecular complexity index is 362. The van der Waals surface area contributed by atoms with Crippen LogP contribution >= 0.6 is 0 Å². The minimum atomic E-state index is -0.0301. The van der Waals surface area contributed by atoms with Gasteiger partial charge in [0.05, 0.1) is 12.7 Å². The topological polar surface area (TPSA) is 67.2 Å². The third-order valence-corrected chi connectivity index (χ3v) is 2.06. The van der Waals surface area contributed by atoms with Crippen LogP contribution in [0.2, 0.25) is 0 Å². The van der Waals surface area contributed by atoms with Crippen molar-refractivity contribution in [3.05, 3.63) is 23.9 Å². The molecule has 0 aliphatic rings. The van der Waals surface area contributed by atoms with E-state index in [0.29, 0.717) is 24.7 Å². The molecule has 1 N–H and O–H groups in total. The first-order chi connectivity index (χ1) is 7.80. The maximum absolute atomic E-state index is 8.68. The van der Waals surface area contributed by atoms with E-state index in [-0.39, 0.29) is 6.10 Å². The molecule has 0 saturated heterocycles. The Labute approximate surface area is 95.0 Å². The second-order valence-electron chi connectivity index (χ2n) is 3.21. The van der Waals surface area contributed by atoms with Crippen LogP contribution in [0.1, 0.15) is 5.69 Å². The average Bonchev–Trinajstić information content (AvgIpc) is 2.34. The fraction of sp³-hybridized carbons (Fsp3) is 0.455. The van der Waals surface area contributed by atoms with Crippen molar-refractivity contribution in [3.8, 4) is 6.07 Å². The number of nitrogens with one attached hydrogen (secondary N) is 1. The SMILES string of the molecule is COCC(CNc1cccc(C#N)n1)OC. The first kappa shape index (κ1) is 12.4. The molecule has 0 aromatic carbocycles. The van der Waals surface area contributed by atoms with Crippen molar-refractivity contribution >= 4 is 5.82 Å². The van der Waals surface area contributed by atoms with Gasteiger partial charge in [0, 0.05) is 20.8 Å². The van der Waals surface area contributed by atoms with E-state index in [9.17, 15) is 0 Å². The number of nitriles is 1. The van der Waals surface area contributed by atoms with E-state index < -0.39 is 0 Å². The fourth-order valence-electron chi connectivity index (χ4n) is 1.21. The molecule has 1 heterocycles. The maximum Gasteiger partial charge on any atom is 0.142 e. The zero-order valence-electron chi connectivity index (χ0n) is 9.43. The number of pyridine rings is 1. The number of nitrogens with zero attached hydrogens (tertiary/aromatic N) is 2. The van der Waals surface area contributed by atoms with Gasteiger partial charge in [-0.05, 0) is 12.1 Å². The first-order valence-electron chi connectivity index (χ1n) is 4.93. The van der Waals surface area contributed by atoms with Crippen molar-refractivity contribution in [2.45, 2.75) is 6.10 Å². The highest BCUT2D eigenvalue weighted by molar-refractivity contribution is 5.38. The summed E-state index contributed by atoms with van der Waals surface area (Å²) in [6.45, 7) is 1.10. The minimum absolute atomic E-state index is 0.0301. The normalized spacial score (nSPS) is 11.8. The number of aromatic nitrogens is 1. The molecule has 1 atom stereocenters. The lowest BCUT2D eigenvalue weighted by Crippen LogP contribution is -2.26. The Morgan fingerprint density at radius 1 is 1.50 bits per heavy atom. The summed E-state index contributed by atoms with van der Waals surface area (Å²) in [5.74, 6) is 0.664. The summed E-state index contributed by atoms with van der Waals surface area (Å²) in [7, 11) is 3.26. The van der Waals surface area contributed by atoms with Crippen LogP contribution in [0, 0.1) is 11.3 Å². The summed E-state index contributed by atoms with van der Waals surface area (Å²) < 4.78 is 10.2. The third-order valence-electron chi connectivity index (χ3n) is 2.06. The molecule has 86 valence electrons. The van der Waals surface area contributed by atoms with Crippen LogP contribution in [0.15, 0.2) is 18.2 Å². The molecule has 5 nitrogen and oxygen atoms in total. The molecule has 1 rings (SSSR count). The van der Waals surface area contributed by atoms with Crippen molar-refractivity contribution in [1.29, 1.82) is 5.26 Å². The average molecular weight is 221 g/mol. The number of hydrogen-bond acceptors (Lipinski definition) is 5. The Morgan fingerprint density at radius 2 is 2.31 bits per heavy atom. The molecule has 0 spiro atoms. The van der Waals surface area contributed by atoms with Gasteiger partial charge < -0.3 is 14.8 Å². The molecule has 0 aliphatic carbocycles. The van der Waals surface area contributed by atoms with Gasteiger partial charge in [-0.2, -0.15) is 5.26 Å². The predicted molar refractivity (Wildman–Crippen MR) is 60.1 cm³/mol. The first-order valence-corrected chi connectivity index (χ1v) is 4.93. The van der Waals surface area contributed by atoms with Crippen molar-refractivity contribution in [2.24, 2.45) is 0 Å². The van der Waals surface area contributed by atoms with Gasteiger partial charge in [-0.25, -0.2) is 4.98 Å². The van der Waals surface area contributed by atoms with Crippen LogP contribution in [0.5, 0.6) is 0 Å². The number of rotatable bonds is 6. The highest BCUT2D eigenvalue weighted by Gasteiger charge is 2.06. The third kappa shape index (κ3) is 3.85. The smallest absolute Gasteiger partial charge is 0.142 e. The second kappa shape index (κ2) is 6.77. The molecule has 0 amide bonds. The highest BCUT2D eigenvalue weighted by atomic mass is 16.5. The molecule has 16 heavy (non-hydrogen) atoms. The van der Waals surface area contributed by atoms with Gasteiger partial charge in [-0.15, -0.1) is 0 Å². The monoisotopic (exact) mass is 221 g/mol. The van der Waals surface area contributed by atoms with Crippen LogP contribution in [0.3, 0.4) is 0 Å². The minimum Gasteiger partial charge on any atom is -0.382 e. The van der Waals surface area contributed by atoms with Crippen molar-refractivity contribution < 1.29 is 9.47 Å². The van der Waals surface area contributed by atoms with E-state index in [4.69, 9.17) is 14.7 Å². The Morgan fingerprint density at radius 3 is 2.94 bits per heavy atom. The van der Waals surface area contributed by atoms with Crippen molar-refractivity contribution in [1.82, 2.24) is 4.98 Å². The molecule has 0 radical (unpaired) electrons. The molecule has 0 aliphatic heterocycles. The lowest BCUT2D eigenvalue weighted by molar-refractivity contribution is 0.0365. The van der Waals surface area contributed by atoms with E-state index in [1.165, 1.54) is 0 Å². The number of hydrogen-bond donors (Lipinski definition) is 1. The molecular formula is C11H15N3O2. The predicted octanol–water partition coefficient (Wildman–Crippen LogP) is 1.03. The molecule has 5 heteroatoms. The van der Waals surface area contributed by atoms with Crippen LogP contribution in [-0.2, 0) is 9.47 Å². The molecule has 1 unspecified atom stereocenters. The van der Waals surface area contributed by atoms with Crippen LogP contribution in [-0.4, -0.2) is 38.5 Å². The van der Waals surface area contributed by atoms with E-state index in [0.717, 1.165) is 0 Å². The molecular weight excluding hydrogens is 206 g/mol. The van der Waals surface area contributed by atoms with Gasteiger partial charge in [0.1, 0.15) is 17.6 Å². The second-order valence-corrected chi connectivity index (χ2v) is 3.21. The summed E-state index contributed by atoms with van der Waals surface area (Å²) in [5.41, 5.74) is 0.394. The summed E-state index contributed by atoms with van der Waals surface area (Å²) in [6, 6.07) is 7.24. The van der Waals surface area contributed by atoms with Gasteiger partial charge in [-0.1, -0.05) is 6.07 Å². The molecule has 0 saturated carbocycles. The molecule has 1 aromatic rings. The number of methoxy groups -OCH3 is 2.